The van der Waals surface area contributed by atoms with Crippen molar-refractivity contribution in [2.24, 2.45) is 0 Å². The van der Waals surface area contributed by atoms with Gasteiger partial charge in [0.2, 0.25) is 5.16 Å². The first-order chi connectivity index (χ1) is 18.4. The molecule has 194 valence electrons. The average Bonchev–Trinajstić information content (AvgIpc) is 3.35. The molecule has 0 aliphatic rings. The Morgan fingerprint density at radius 2 is 1.50 bits per heavy atom. The van der Waals surface area contributed by atoms with Gasteiger partial charge in [-0.1, -0.05) is 66.0 Å². The summed E-state index contributed by atoms with van der Waals surface area (Å²) < 4.78 is 42.3. The Morgan fingerprint density at radius 1 is 0.816 bits per heavy atom. The molecular formula is C26H21F3N6OS2. The predicted molar refractivity (Wildman–Crippen MR) is 142 cm³/mol. The topological polar surface area (TPSA) is 78.5 Å². The van der Waals surface area contributed by atoms with Crippen LogP contribution in [0.4, 0.5) is 13.2 Å². The van der Waals surface area contributed by atoms with Crippen LogP contribution in [-0.2, 0) is 12.7 Å². The van der Waals surface area contributed by atoms with Gasteiger partial charge in [-0.05, 0) is 58.8 Å². The molecule has 0 saturated carbocycles. The Kier molecular flexibility index (Phi) is 7.79. The van der Waals surface area contributed by atoms with Gasteiger partial charge in [0, 0.05) is 11.5 Å². The molecular weight excluding hydrogens is 533 g/mol. The lowest BCUT2D eigenvalue weighted by Crippen LogP contribution is -2.22. The number of aromatic nitrogens is 6. The van der Waals surface area contributed by atoms with E-state index in [1.165, 1.54) is 40.2 Å². The first kappa shape index (κ1) is 26.0. The third kappa shape index (κ3) is 5.91. The molecule has 38 heavy (non-hydrogen) atoms. The summed E-state index contributed by atoms with van der Waals surface area (Å²) in [6.07, 6.45) is -3.69. The zero-order chi connectivity index (χ0) is 26.5. The molecule has 2 heterocycles. The van der Waals surface area contributed by atoms with Gasteiger partial charge in [-0.25, -0.2) is 9.67 Å². The highest BCUT2D eigenvalue weighted by molar-refractivity contribution is 8.00. The smallest absolute Gasteiger partial charge is 0.268 e. The van der Waals surface area contributed by atoms with Crippen molar-refractivity contribution in [3.63, 3.8) is 0 Å². The van der Waals surface area contributed by atoms with Gasteiger partial charge in [-0.15, -0.1) is 5.10 Å². The van der Waals surface area contributed by atoms with E-state index >= 15 is 0 Å². The predicted octanol–water partition coefficient (Wildman–Crippen LogP) is 5.71. The van der Waals surface area contributed by atoms with Gasteiger partial charge in [-0.2, -0.15) is 13.2 Å². The number of fused-ring (bicyclic) bond motifs is 1. The second-order valence-electron chi connectivity index (χ2n) is 8.25. The molecule has 5 aromatic rings. The maximum atomic E-state index is 13.3. The molecule has 0 fully saturated rings. The van der Waals surface area contributed by atoms with Gasteiger partial charge in [0.05, 0.1) is 28.7 Å². The second-order valence-corrected chi connectivity index (χ2v) is 10.4. The van der Waals surface area contributed by atoms with Crippen LogP contribution in [0.3, 0.4) is 0 Å². The van der Waals surface area contributed by atoms with Crippen LogP contribution in [0.15, 0.2) is 94.0 Å². The van der Waals surface area contributed by atoms with Gasteiger partial charge in [0.15, 0.2) is 5.16 Å². The number of thioether (sulfide) groups is 2. The van der Waals surface area contributed by atoms with E-state index in [1.807, 2.05) is 30.3 Å². The molecule has 0 aliphatic carbocycles. The van der Waals surface area contributed by atoms with Gasteiger partial charge in [-0.3, -0.25) is 9.36 Å². The molecule has 0 radical (unpaired) electrons. The normalized spacial score (nSPS) is 11.8. The maximum Gasteiger partial charge on any atom is 0.416 e. The van der Waals surface area contributed by atoms with Crippen LogP contribution in [-0.4, -0.2) is 41.3 Å². The summed E-state index contributed by atoms with van der Waals surface area (Å²) in [5, 5.41) is 13.5. The van der Waals surface area contributed by atoms with Gasteiger partial charge in [0.1, 0.15) is 0 Å². The minimum atomic E-state index is -4.46. The molecule has 0 unspecified atom stereocenters. The number of nitrogens with zero attached hydrogens (tertiary/aromatic N) is 6. The molecule has 12 heteroatoms. The molecule has 0 N–H and O–H groups in total. The SMILES string of the molecule is O=c1c2ccccc2nc(SCCCSc2nnnn2Cc2ccccc2)n1-c1ccc(C(F)(F)F)cc1. The Morgan fingerprint density at radius 3 is 2.24 bits per heavy atom. The van der Waals surface area contributed by atoms with E-state index in [1.54, 1.807) is 28.9 Å². The lowest BCUT2D eigenvalue weighted by atomic mass is 10.2. The van der Waals surface area contributed by atoms with Crippen LogP contribution in [0.1, 0.15) is 17.5 Å². The summed E-state index contributed by atoms with van der Waals surface area (Å²) in [6.45, 7) is 0.575. The zero-order valence-electron chi connectivity index (χ0n) is 19.9. The van der Waals surface area contributed by atoms with Crippen molar-refractivity contribution >= 4 is 34.4 Å². The largest absolute Gasteiger partial charge is 0.416 e. The standard InChI is InChI=1S/C26H21F3N6OS2/c27-26(28,29)19-11-13-20(14-12-19)35-23(36)21-9-4-5-10-22(21)30-24(35)37-15-6-16-38-25-31-32-33-34(25)17-18-7-2-1-3-8-18/h1-5,7-14H,6,15-17H2. The summed E-state index contributed by atoms with van der Waals surface area (Å²) in [6, 6.07) is 21.4. The number of rotatable bonds is 9. The van der Waals surface area contributed by atoms with Crippen molar-refractivity contribution in [1.82, 2.24) is 29.8 Å². The Labute approximate surface area is 224 Å². The maximum absolute atomic E-state index is 13.3. The van der Waals surface area contributed by atoms with Gasteiger partial charge >= 0.3 is 6.18 Å². The number of hydrogen-bond acceptors (Lipinski definition) is 7. The molecule has 7 nitrogen and oxygen atoms in total. The van der Waals surface area contributed by atoms with Crippen molar-refractivity contribution in [2.45, 2.75) is 29.5 Å². The first-order valence-corrected chi connectivity index (χ1v) is 13.6. The van der Waals surface area contributed by atoms with Crippen molar-refractivity contribution in [2.75, 3.05) is 11.5 Å². The first-order valence-electron chi connectivity index (χ1n) is 11.7. The van der Waals surface area contributed by atoms with Crippen LogP contribution >= 0.6 is 23.5 Å². The summed E-state index contributed by atoms with van der Waals surface area (Å²) in [7, 11) is 0. The minimum Gasteiger partial charge on any atom is -0.268 e. The fourth-order valence-electron chi connectivity index (χ4n) is 3.78. The van der Waals surface area contributed by atoms with Crippen LogP contribution in [0.2, 0.25) is 0 Å². The molecule has 0 amide bonds. The van der Waals surface area contributed by atoms with Crippen molar-refractivity contribution in [3.8, 4) is 5.69 Å². The number of para-hydroxylation sites is 1. The van der Waals surface area contributed by atoms with E-state index in [9.17, 15) is 18.0 Å². The summed E-state index contributed by atoms with van der Waals surface area (Å²) >= 11 is 2.92. The van der Waals surface area contributed by atoms with E-state index in [0.29, 0.717) is 39.2 Å². The quantitative estimate of drug-likeness (QED) is 0.131. The number of halogens is 3. The third-order valence-corrected chi connectivity index (χ3v) is 7.69. The fourth-order valence-corrected chi connectivity index (χ4v) is 5.73. The lowest BCUT2D eigenvalue weighted by Gasteiger charge is -2.14. The highest BCUT2D eigenvalue weighted by Crippen LogP contribution is 2.30. The van der Waals surface area contributed by atoms with Crippen LogP contribution in [0.25, 0.3) is 16.6 Å². The van der Waals surface area contributed by atoms with Crippen LogP contribution < -0.4 is 5.56 Å². The second kappa shape index (κ2) is 11.4. The third-order valence-electron chi connectivity index (χ3n) is 5.62. The van der Waals surface area contributed by atoms with E-state index in [2.05, 4.69) is 20.5 Å². The van der Waals surface area contributed by atoms with Gasteiger partial charge < -0.3 is 0 Å². The minimum absolute atomic E-state index is 0.327. The molecule has 0 aliphatic heterocycles. The Bertz CT molecular complexity index is 1590. The van der Waals surface area contributed by atoms with Crippen LogP contribution in [0, 0.1) is 0 Å². The zero-order valence-corrected chi connectivity index (χ0v) is 21.5. The van der Waals surface area contributed by atoms with Crippen LogP contribution in [0.5, 0.6) is 0 Å². The summed E-state index contributed by atoms with van der Waals surface area (Å²) in [5.41, 5.74) is 0.868. The lowest BCUT2D eigenvalue weighted by molar-refractivity contribution is -0.137. The number of benzene rings is 3. The fraction of sp³-hybridized carbons (Fsp3) is 0.192. The molecule has 3 aromatic carbocycles. The number of tetrazole rings is 1. The van der Waals surface area contributed by atoms with E-state index in [4.69, 9.17) is 0 Å². The molecule has 0 saturated heterocycles. The molecule has 0 spiro atoms. The van der Waals surface area contributed by atoms with E-state index in [0.717, 1.165) is 29.9 Å². The van der Waals surface area contributed by atoms with Crippen molar-refractivity contribution in [1.29, 1.82) is 0 Å². The highest BCUT2D eigenvalue weighted by atomic mass is 32.2. The molecule has 0 bridgehead atoms. The summed E-state index contributed by atoms with van der Waals surface area (Å²) in [5.74, 6) is 1.37. The molecule has 2 aromatic heterocycles. The summed E-state index contributed by atoms with van der Waals surface area (Å²) in [4.78, 5) is 18.0. The molecule has 5 rings (SSSR count). The number of hydrogen-bond donors (Lipinski definition) is 0. The monoisotopic (exact) mass is 554 g/mol. The average molecular weight is 555 g/mol. The molecule has 0 atom stereocenters. The Hall–Kier alpha value is -3.64. The van der Waals surface area contributed by atoms with E-state index in [-0.39, 0.29) is 5.56 Å². The van der Waals surface area contributed by atoms with E-state index < -0.39 is 11.7 Å². The highest BCUT2D eigenvalue weighted by Gasteiger charge is 2.30. The Balaban J connectivity index is 1.29. The van der Waals surface area contributed by atoms with Crippen molar-refractivity contribution in [3.05, 3.63) is 100 Å². The van der Waals surface area contributed by atoms with Crippen molar-refractivity contribution < 1.29 is 13.2 Å². The van der Waals surface area contributed by atoms with Gasteiger partial charge in [0.25, 0.3) is 5.56 Å². The number of alkyl halides is 3.